The number of nitrogens with zero attached hydrogens (tertiary/aromatic N) is 2. The van der Waals surface area contributed by atoms with Gasteiger partial charge in [-0.15, -0.1) is 0 Å². The van der Waals surface area contributed by atoms with Crippen LogP contribution in [-0.4, -0.2) is 18.3 Å². The highest BCUT2D eigenvalue weighted by atomic mass is 35.7. The van der Waals surface area contributed by atoms with Gasteiger partial charge in [0.1, 0.15) is 4.90 Å². The molecule has 1 rings (SSSR count). The zero-order chi connectivity index (χ0) is 13.4. The second kappa shape index (κ2) is 4.67. The van der Waals surface area contributed by atoms with Gasteiger partial charge in [0.05, 0.1) is 0 Å². The van der Waals surface area contributed by atoms with Crippen LogP contribution in [0.3, 0.4) is 0 Å². The summed E-state index contributed by atoms with van der Waals surface area (Å²) in [4.78, 5) is 11.2. The Labute approximate surface area is 103 Å². The molecule has 0 aromatic carbocycles. The molecular formula is C6H2Cl2F2N2O4S. The van der Waals surface area contributed by atoms with Crippen LogP contribution >= 0.6 is 22.3 Å². The molecule has 0 spiro atoms. The van der Waals surface area contributed by atoms with Gasteiger partial charge in [0.15, 0.2) is 5.02 Å². The lowest BCUT2D eigenvalue weighted by Crippen LogP contribution is -2.03. The van der Waals surface area contributed by atoms with E-state index in [9.17, 15) is 27.3 Å². The zero-order valence-corrected chi connectivity index (χ0v) is 9.93. The van der Waals surface area contributed by atoms with E-state index in [-0.39, 0.29) is 0 Å². The topological polar surface area (TPSA) is 90.2 Å². The number of hydrogen-bond acceptors (Lipinski definition) is 5. The molecule has 6 nitrogen and oxygen atoms in total. The van der Waals surface area contributed by atoms with E-state index < -0.39 is 41.8 Å². The van der Waals surface area contributed by atoms with Crippen LogP contribution in [0.15, 0.2) is 11.0 Å². The molecule has 1 aromatic rings. The van der Waals surface area contributed by atoms with Gasteiger partial charge in [-0.2, -0.15) is 0 Å². The maximum absolute atomic E-state index is 12.3. The molecule has 0 unspecified atom stereocenters. The third-order valence-electron chi connectivity index (χ3n) is 1.59. The molecule has 0 fully saturated rings. The Bertz CT molecular complexity index is 578. The van der Waals surface area contributed by atoms with E-state index in [1.807, 2.05) is 0 Å². The fraction of sp³-hybridized carbons (Fsp3) is 0.167. The molecule has 0 amide bonds. The monoisotopic (exact) mass is 306 g/mol. The predicted octanol–water partition coefficient (Wildman–Crippen LogP) is 2.51. The second-order valence-electron chi connectivity index (χ2n) is 2.68. The number of nitro groups is 1. The van der Waals surface area contributed by atoms with E-state index in [1.54, 1.807) is 0 Å². The third kappa shape index (κ3) is 2.99. The summed E-state index contributed by atoms with van der Waals surface area (Å²) >= 11 is 5.35. The molecule has 0 aliphatic rings. The lowest BCUT2D eigenvalue weighted by molar-refractivity contribution is -0.389. The first-order chi connectivity index (χ1) is 7.64. The van der Waals surface area contributed by atoms with Gasteiger partial charge < -0.3 is 10.1 Å². The Balaban J connectivity index is 3.67. The highest BCUT2D eigenvalue weighted by Gasteiger charge is 2.30. The number of aromatic nitrogens is 1. The van der Waals surface area contributed by atoms with Crippen LogP contribution in [0, 0.1) is 10.1 Å². The summed E-state index contributed by atoms with van der Waals surface area (Å²) in [6, 6.07) is 0.391. The quantitative estimate of drug-likeness (QED) is 0.486. The van der Waals surface area contributed by atoms with Crippen molar-refractivity contribution in [1.29, 1.82) is 0 Å². The average Bonchev–Trinajstić information content (AvgIpc) is 2.15. The first-order valence-electron chi connectivity index (χ1n) is 3.72. The van der Waals surface area contributed by atoms with Crippen molar-refractivity contribution in [2.75, 3.05) is 0 Å². The molecular weight excluding hydrogens is 305 g/mol. The van der Waals surface area contributed by atoms with Crippen molar-refractivity contribution in [2.24, 2.45) is 0 Å². The van der Waals surface area contributed by atoms with Crippen molar-refractivity contribution in [2.45, 2.75) is 11.3 Å². The first kappa shape index (κ1) is 14.0. The lowest BCUT2D eigenvalue weighted by Gasteiger charge is -2.02. The van der Waals surface area contributed by atoms with Crippen molar-refractivity contribution in [3.8, 4) is 0 Å². The summed E-state index contributed by atoms with van der Waals surface area (Å²) in [6.45, 7) is 0. The van der Waals surface area contributed by atoms with Crippen molar-refractivity contribution in [3.05, 3.63) is 26.9 Å². The van der Waals surface area contributed by atoms with Gasteiger partial charge in [-0.05, 0) is 9.91 Å². The molecule has 0 saturated heterocycles. The largest absolute Gasteiger partial charge is 0.384 e. The van der Waals surface area contributed by atoms with Gasteiger partial charge in [-0.1, -0.05) is 11.6 Å². The average molecular weight is 307 g/mol. The van der Waals surface area contributed by atoms with Crippen LogP contribution < -0.4 is 0 Å². The molecule has 0 bridgehead atoms. The lowest BCUT2D eigenvalue weighted by atomic mass is 10.3. The molecule has 1 aromatic heterocycles. The van der Waals surface area contributed by atoms with Crippen LogP contribution in [0.25, 0.3) is 0 Å². The van der Waals surface area contributed by atoms with E-state index in [2.05, 4.69) is 4.98 Å². The number of hydrogen-bond donors (Lipinski definition) is 0. The van der Waals surface area contributed by atoms with Gasteiger partial charge in [0, 0.05) is 16.7 Å². The standard InChI is InChI=1S/C6H2Cl2F2N2O4S/c7-4-3(17(8,15)16)1-2(5(9)10)11-6(4)12(13)14/h1,5H. The Morgan fingerprint density at radius 2 is 2.00 bits per heavy atom. The maximum Gasteiger partial charge on any atom is 0.384 e. The van der Waals surface area contributed by atoms with Gasteiger partial charge in [-0.3, -0.25) is 0 Å². The minimum Gasteiger partial charge on any atom is -0.358 e. The summed E-state index contributed by atoms with van der Waals surface area (Å²) < 4.78 is 46.7. The van der Waals surface area contributed by atoms with E-state index in [0.717, 1.165) is 0 Å². The van der Waals surface area contributed by atoms with Crippen molar-refractivity contribution >= 4 is 37.2 Å². The van der Waals surface area contributed by atoms with Crippen LogP contribution in [0.4, 0.5) is 14.6 Å². The van der Waals surface area contributed by atoms with E-state index in [0.29, 0.717) is 6.07 Å². The number of alkyl halides is 2. The summed E-state index contributed by atoms with van der Waals surface area (Å²) in [6.07, 6.45) is -3.19. The number of rotatable bonds is 3. The predicted molar refractivity (Wildman–Crippen MR) is 53.9 cm³/mol. The van der Waals surface area contributed by atoms with Crippen LogP contribution in [-0.2, 0) is 9.05 Å². The van der Waals surface area contributed by atoms with Crippen LogP contribution in [0.2, 0.25) is 5.02 Å². The van der Waals surface area contributed by atoms with Crippen LogP contribution in [0.5, 0.6) is 0 Å². The van der Waals surface area contributed by atoms with Crippen molar-refractivity contribution in [3.63, 3.8) is 0 Å². The highest BCUT2D eigenvalue weighted by molar-refractivity contribution is 8.13. The van der Waals surface area contributed by atoms with Gasteiger partial charge in [0.25, 0.3) is 9.05 Å². The molecule has 0 aliphatic carbocycles. The summed E-state index contributed by atoms with van der Waals surface area (Å²) in [5.74, 6) is -1.19. The van der Waals surface area contributed by atoms with Crippen LogP contribution in [0.1, 0.15) is 12.1 Å². The van der Waals surface area contributed by atoms with E-state index in [1.165, 1.54) is 0 Å². The maximum atomic E-state index is 12.3. The Kier molecular flexibility index (Phi) is 3.84. The molecule has 11 heteroatoms. The first-order valence-corrected chi connectivity index (χ1v) is 6.41. The van der Waals surface area contributed by atoms with Gasteiger partial charge in [0.2, 0.25) is 5.69 Å². The molecule has 0 N–H and O–H groups in total. The minimum atomic E-state index is -4.48. The molecule has 94 valence electrons. The molecule has 0 radical (unpaired) electrons. The molecule has 0 atom stereocenters. The number of halogens is 4. The van der Waals surface area contributed by atoms with Gasteiger partial charge in [-0.25, -0.2) is 17.2 Å². The summed E-state index contributed by atoms with van der Waals surface area (Å²) in [5, 5.41) is 9.54. The van der Waals surface area contributed by atoms with Crippen molar-refractivity contribution < 1.29 is 22.1 Å². The molecule has 0 saturated carbocycles. The smallest absolute Gasteiger partial charge is 0.358 e. The number of pyridine rings is 1. The molecule has 0 aliphatic heterocycles. The fourth-order valence-corrected chi connectivity index (χ4v) is 2.44. The second-order valence-corrected chi connectivity index (χ2v) is 5.59. The third-order valence-corrected chi connectivity index (χ3v) is 3.42. The SMILES string of the molecule is O=[N+]([O-])c1nc(C(F)F)cc(S(=O)(=O)Cl)c1Cl. The Hall–Kier alpha value is -1.06. The fourth-order valence-electron chi connectivity index (χ4n) is 0.922. The zero-order valence-electron chi connectivity index (χ0n) is 7.60. The summed E-state index contributed by atoms with van der Waals surface area (Å²) in [7, 11) is 0.427. The van der Waals surface area contributed by atoms with E-state index >= 15 is 0 Å². The minimum absolute atomic E-state index is 0.391. The van der Waals surface area contributed by atoms with E-state index in [4.69, 9.17) is 22.3 Å². The Morgan fingerprint density at radius 3 is 2.35 bits per heavy atom. The molecule has 1 heterocycles. The molecule has 17 heavy (non-hydrogen) atoms. The van der Waals surface area contributed by atoms with Crippen molar-refractivity contribution in [1.82, 2.24) is 4.98 Å². The van der Waals surface area contributed by atoms with Gasteiger partial charge >= 0.3 is 12.2 Å². The summed E-state index contributed by atoms with van der Waals surface area (Å²) in [5.41, 5.74) is -1.10. The Morgan fingerprint density at radius 1 is 1.47 bits per heavy atom. The highest BCUT2D eigenvalue weighted by Crippen LogP contribution is 2.34. The normalized spacial score (nSPS) is 11.8.